The smallest absolute Gasteiger partial charge is 0.273 e. The molecule has 1 aromatic carbocycles. The number of carbonyl (C=O) groups is 2. The Bertz CT molecular complexity index is 945. The first-order valence-corrected chi connectivity index (χ1v) is 7.94. The summed E-state index contributed by atoms with van der Waals surface area (Å²) in [6.45, 7) is 2.43. The molecule has 26 heavy (non-hydrogen) atoms. The maximum atomic E-state index is 13.0. The fraction of sp³-hybridized carbons (Fsp3) is 0.176. The highest BCUT2D eigenvalue weighted by Gasteiger charge is 2.19. The van der Waals surface area contributed by atoms with E-state index in [1.54, 1.807) is 29.1 Å². The number of nitrogens with one attached hydrogen (secondary N) is 3. The molecule has 3 rings (SSSR count). The van der Waals surface area contributed by atoms with E-state index in [1.165, 1.54) is 19.2 Å². The van der Waals surface area contributed by atoms with Crippen LogP contribution < -0.4 is 10.6 Å². The summed E-state index contributed by atoms with van der Waals surface area (Å²) in [6, 6.07) is 7.33. The van der Waals surface area contributed by atoms with E-state index in [9.17, 15) is 14.0 Å². The lowest BCUT2D eigenvalue weighted by atomic mass is 10.1. The van der Waals surface area contributed by atoms with Crippen LogP contribution in [0.1, 0.15) is 27.9 Å². The van der Waals surface area contributed by atoms with E-state index in [4.69, 9.17) is 0 Å². The first-order valence-electron chi connectivity index (χ1n) is 7.94. The van der Waals surface area contributed by atoms with Crippen molar-refractivity contribution >= 4 is 17.5 Å². The monoisotopic (exact) mass is 356 g/mol. The van der Waals surface area contributed by atoms with Crippen molar-refractivity contribution in [2.75, 3.05) is 12.4 Å². The molecule has 0 saturated carbocycles. The van der Waals surface area contributed by atoms with Crippen LogP contribution in [-0.4, -0.2) is 38.8 Å². The molecule has 0 spiro atoms. The van der Waals surface area contributed by atoms with Gasteiger partial charge in [-0.05, 0) is 37.3 Å². The van der Waals surface area contributed by atoms with Crippen LogP contribution in [0.15, 0.2) is 36.5 Å². The third kappa shape index (κ3) is 3.46. The minimum absolute atomic E-state index is 0.126. The lowest BCUT2D eigenvalue weighted by Crippen LogP contribution is -2.21. The molecule has 0 atom stereocenters. The Hall–Kier alpha value is -3.49. The summed E-state index contributed by atoms with van der Waals surface area (Å²) in [5, 5.41) is 16.0. The lowest BCUT2D eigenvalue weighted by Gasteiger charge is -2.02. The van der Waals surface area contributed by atoms with E-state index in [0.29, 0.717) is 23.5 Å². The Labute approximate surface area is 148 Å². The van der Waals surface area contributed by atoms with E-state index in [-0.39, 0.29) is 17.2 Å². The fourth-order valence-corrected chi connectivity index (χ4v) is 2.36. The molecule has 2 aromatic heterocycles. The van der Waals surface area contributed by atoms with Gasteiger partial charge >= 0.3 is 0 Å². The molecule has 2 amide bonds. The average molecular weight is 356 g/mol. The topological polar surface area (TPSA) is 105 Å². The molecule has 3 aromatic rings. The Balaban J connectivity index is 1.82. The number of benzene rings is 1. The van der Waals surface area contributed by atoms with Gasteiger partial charge in [0.1, 0.15) is 11.5 Å². The fourth-order valence-electron chi connectivity index (χ4n) is 2.36. The molecule has 0 bridgehead atoms. The van der Waals surface area contributed by atoms with Crippen LogP contribution in [0.2, 0.25) is 0 Å². The SMILES string of the molecule is CCn1cc(NC(=O)c2cc(-c3ccc(F)cc3)n[nH]2)c(C(=O)NC)n1. The van der Waals surface area contributed by atoms with Gasteiger partial charge in [0.05, 0.1) is 11.4 Å². The summed E-state index contributed by atoms with van der Waals surface area (Å²) in [4.78, 5) is 24.4. The lowest BCUT2D eigenvalue weighted by molar-refractivity contribution is 0.0958. The van der Waals surface area contributed by atoms with Crippen molar-refractivity contribution in [2.45, 2.75) is 13.5 Å². The number of aromatic nitrogens is 4. The first kappa shape index (κ1) is 17.3. The van der Waals surface area contributed by atoms with Crippen molar-refractivity contribution in [3.8, 4) is 11.3 Å². The molecule has 2 heterocycles. The predicted octanol–water partition coefficient (Wildman–Crippen LogP) is 2.04. The molecule has 0 aliphatic heterocycles. The summed E-state index contributed by atoms with van der Waals surface area (Å²) < 4.78 is 14.6. The Morgan fingerprint density at radius 3 is 2.62 bits per heavy atom. The number of halogens is 1. The number of rotatable bonds is 5. The molecule has 0 unspecified atom stereocenters. The van der Waals surface area contributed by atoms with E-state index < -0.39 is 11.8 Å². The molecule has 0 fully saturated rings. The van der Waals surface area contributed by atoms with E-state index >= 15 is 0 Å². The van der Waals surface area contributed by atoms with Crippen LogP contribution in [0.25, 0.3) is 11.3 Å². The number of H-pyrrole nitrogens is 1. The average Bonchev–Trinajstić information content (AvgIpc) is 3.29. The van der Waals surface area contributed by atoms with Gasteiger partial charge in [-0.1, -0.05) is 0 Å². The minimum Gasteiger partial charge on any atom is -0.354 e. The molecule has 0 saturated heterocycles. The number of hydrogen-bond acceptors (Lipinski definition) is 4. The highest BCUT2D eigenvalue weighted by Crippen LogP contribution is 2.19. The molecular weight excluding hydrogens is 339 g/mol. The second-order valence-electron chi connectivity index (χ2n) is 5.45. The number of aryl methyl sites for hydroxylation is 1. The van der Waals surface area contributed by atoms with E-state index in [0.717, 1.165) is 0 Å². The van der Waals surface area contributed by atoms with Gasteiger partial charge in [0, 0.05) is 25.4 Å². The molecular formula is C17H17FN6O2. The van der Waals surface area contributed by atoms with E-state index in [1.807, 2.05) is 6.92 Å². The van der Waals surface area contributed by atoms with Gasteiger partial charge in [0.25, 0.3) is 11.8 Å². The van der Waals surface area contributed by atoms with Gasteiger partial charge in [-0.3, -0.25) is 19.4 Å². The normalized spacial score (nSPS) is 10.6. The van der Waals surface area contributed by atoms with Gasteiger partial charge in [-0.2, -0.15) is 10.2 Å². The van der Waals surface area contributed by atoms with Gasteiger partial charge in [0.15, 0.2) is 5.69 Å². The quantitative estimate of drug-likeness (QED) is 0.651. The van der Waals surface area contributed by atoms with Crippen molar-refractivity contribution < 1.29 is 14.0 Å². The Morgan fingerprint density at radius 2 is 1.96 bits per heavy atom. The number of aromatic amines is 1. The van der Waals surface area contributed by atoms with Crippen molar-refractivity contribution in [3.05, 3.63) is 53.7 Å². The molecule has 134 valence electrons. The number of nitrogens with zero attached hydrogens (tertiary/aromatic N) is 3. The van der Waals surface area contributed by atoms with Crippen molar-refractivity contribution in [1.82, 2.24) is 25.3 Å². The van der Waals surface area contributed by atoms with Crippen LogP contribution in [0.3, 0.4) is 0 Å². The number of anilines is 1. The number of carbonyl (C=O) groups excluding carboxylic acids is 2. The standard InChI is InChI=1S/C17H17FN6O2/c1-3-24-9-14(15(23-24)17(26)19-2)20-16(25)13-8-12(21-22-13)10-4-6-11(18)7-5-10/h4-9H,3H2,1-2H3,(H,19,26)(H,20,25)(H,21,22). The van der Waals surface area contributed by atoms with E-state index in [2.05, 4.69) is 25.9 Å². The van der Waals surface area contributed by atoms with Gasteiger partial charge in [-0.25, -0.2) is 4.39 Å². The van der Waals surface area contributed by atoms with Gasteiger partial charge in [0.2, 0.25) is 0 Å². The predicted molar refractivity (Wildman–Crippen MR) is 93.2 cm³/mol. The van der Waals surface area contributed by atoms with Gasteiger partial charge < -0.3 is 10.6 Å². The minimum atomic E-state index is -0.466. The second kappa shape index (κ2) is 7.18. The summed E-state index contributed by atoms with van der Waals surface area (Å²) in [5.74, 6) is -1.22. The van der Waals surface area contributed by atoms with Crippen LogP contribution >= 0.6 is 0 Å². The molecule has 0 aliphatic rings. The highest BCUT2D eigenvalue weighted by molar-refractivity contribution is 6.07. The zero-order valence-electron chi connectivity index (χ0n) is 14.2. The highest BCUT2D eigenvalue weighted by atomic mass is 19.1. The summed E-state index contributed by atoms with van der Waals surface area (Å²) >= 11 is 0. The molecule has 8 nitrogen and oxygen atoms in total. The van der Waals surface area contributed by atoms with Crippen LogP contribution in [0, 0.1) is 5.82 Å². The molecule has 3 N–H and O–H groups in total. The third-order valence-corrected chi connectivity index (χ3v) is 3.74. The molecule has 0 aliphatic carbocycles. The second-order valence-corrected chi connectivity index (χ2v) is 5.45. The van der Waals surface area contributed by atoms with Crippen LogP contribution in [-0.2, 0) is 6.54 Å². The third-order valence-electron chi connectivity index (χ3n) is 3.74. The Morgan fingerprint density at radius 1 is 1.23 bits per heavy atom. The van der Waals surface area contributed by atoms with Crippen molar-refractivity contribution in [2.24, 2.45) is 0 Å². The van der Waals surface area contributed by atoms with Crippen molar-refractivity contribution in [3.63, 3.8) is 0 Å². The van der Waals surface area contributed by atoms with Gasteiger partial charge in [-0.15, -0.1) is 0 Å². The molecule has 0 radical (unpaired) electrons. The molecule has 9 heteroatoms. The summed E-state index contributed by atoms with van der Waals surface area (Å²) in [6.07, 6.45) is 1.58. The maximum absolute atomic E-state index is 13.0. The number of hydrogen-bond donors (Lipinski definition) is 3. The zero-order chi connectivity index (χ0) is 18.7. The zero-order valence-corrected chi connectivity index (χ0v) is 14.2. The number of amides is 2. The van der Waals surface area contributed by atoms with Crippen LogP contribution in [0.5, 0.6) is 0 Å². The summed E-state index contributed by atoms with van der Waals surface area (Å²) in [7, 11) is 1.49. The van der Waals surface area contributed by atoms with Crippen molar-refractivity contribution in [1.29, 1.82) is 0 Å². The first-order chi connectivity index (χ1) is 12.5. The summed E-state index contributed by atoms with van der Waals surface area (Å²) in [5.41, 5.74) is 1.81. The Kier molecular flexibility index (Phi) is 4.78. The largest absolute Gasteiger partial charge is 0.354 e. The van der Waals surface area contributed by atoms with Crippen LogP contribution in [0.4, 0.5) is 10.1 Å². The maximum Gasteiger partial charge on any atom is 0.273 e.